The molecule has 0 saturated carbocycles. The number of ketones is 1. The minimum absolute atomic E-state index is 0.165. The number of carbonyl (C=O) groups is 2. The topological polar surface area (TPSA) is 80.3 Å². The van der Waals surface area contributed by atoms with Crippen molar-refractivity contribution >= 4 is 17.8 Å². The molecule has 7 nitrogen and oxygen atoms in total. The quantitative estimate of drug-likeness (QED) is 0.571. The molecule has 27 heavy (non-hydrogen) atoms. The number of allylic oxidation sites excluding steroid dienone is 1. The van der Waals surface area contributed by atoms with Crippen molar-refractivity contribution in [2.75, 3.05) is 27.9 Å². The molecule has 1 aliphatic rings. The van der Waals surface area contributed by atoms with E-state index in [0.717, 1.165) is 0 Å². The van der Waals surface area contributed by atoms with Crippen molar-refractivity contribution in [2.24, 2.45) is 0 Å². The molecular formula is C20H18O7. The maximum Gasteiger partial charge on any atom is 0.343 e. The van der Waals surface area contributed by atoms with Crippen molar-refractivity contribution < 1.29 is 33.3 Å². The fourth-order valence-electron chi connectivity index (χ4n) is 2.54. The van der Waals surface area contributed by atoms with E-state index in [1.165, 1.54) is 14.2 Å². The number of methoxy groups -OCH3 is 3. The van der Waals surface area contributed by atoms with E-state index in [-0.39, 0.29) is 18.1 Å². The first kappa shape index (κ1) is 18.3. The summed E-state index contributed by atoms with van der Waals surface area (Å²) in [5.41, 5.74) is 1.09. The smallest absolute Gasteiger partial charge is 0.343 e. The summed E-state index contributed by atoms with van der Waals surface area (Å²) < 4.78 is 26.0. The van der Waals surface area contributed by atoms with Crippen LogP contribution < -0.4 is 18.9 Å². The summed E-state index contributed by atoms with van der Waals surface area (Å²) in [6, 6.07) is 10.0. The second-order valence-electron chi connectivity index (χ2n) is 5.57. The Hall–Kier alpha value is -3.48. The second-order valence-corrected chi connectivity index (χ2v) is 5.57. The normalized spacial score (nSPS) is 13.7. The Bertz CT molecular complexity index is 915. The van der Waals surface area contributed by atoms with E-state index in [9.17, 15) is 9.59 Å². The fraction of sp³-hybridized carbons (Fsp3) is 0.200. The molecular weight excluding hydrogens is 352 g/mol. The van der Waals surface area contributed by atoms with Crippen LogP contribution in [0.2, 0.25) is 0 Å². The largest absolute Gasteiger partial charge is 0.497 e. The SMILES string of the molecule is COC(=O)COc1ccc2c(c1)O/C(=C\c1ccc(OC)cc1OC)C2=O. The van der Waals surface area contributed by atoms with Gasteiger partial charge in [-0.1, -0.05) is 0 Å². The molecule has 0 saturated heterocycles. The Labute approximate surface area is 156 Å². The molecule has 0 N–H and O–H groups in total. The molecule has 7 heteroatoms. The van der Waals surface area contributed by atoms with E-state index in [4.69, 9.17) is 18.9 Å². The Morgan fingerprint density at radius 1 is 1.04 bits per heavy atom. The van der Waals surface area contributed by atoms with Crippen LogP contribution in [0.3, 0.4) is 0 Å². The highest BCUT2D eigenvalue weighted by molar-refractivity contribution is 6.14. The number of ether oxygens (including phenoxy) is 5. The Kier molecular flexibility index (Phi) is 5.30. The van der Waals surface area contributed by atoms with Gasteiger partial charge in [0.2, 0.25) is 5.78 Å². The number of Topliss-reactive ketones (excluding diaryl/α,β-unsaturated/α-hetero) is 1. The van der Waals surface area contributed by atoms with Crippen LogP contribution in [0.1, 0.15) is 15.9 Å². The molecule has 0 unspecified atom stereocenters. The molecule has 0 spiro atoms. The van der Waals surface area contributed by atoms with E-state index in [1.54, 1.807) is 49.6 Å². The molecule has 0 amide bonds. The Morgan fingerprint density at radius 3 is 2.52 bits per heavy atom. The molecule has 3 rings (SSSR count). The molecule has 1 aliphatic heterocycles. The zero-order valence-corrected chi connectivity index (χ0v) is 15.1. The summed E-state index contributed by atoms with van der Waals surface area (Å²) in [5, 5.41) is 0. The molecule has 0 radical (unpaired) electrons. The number of fused-ring (bicyclic) bond motifs is 1. The fourth-order valence-corrected chi connectivity index (χ4v) is 2.54. The lowest BCUT2D eigenvalue weighted by Crippen LogP contribution is -2.12. The lowest BCUT2D eigenvalue weighted by atomic mass is 10.1. The Morgan fingerprint density at radius 2 is 1.81 bits per heavy atom. The minimum Gasteiger partial charge on any atom is -0.497 e. The molecule has 0 aromatic heterocycles. The number of esters is 1. The van der Waals surface area contributed by atoms with Crippen molar-refractivity contribution in [3.63, 3.8) is 0 Å². The summed E-state index contributed by atoms with van der Waals surface area (Å²) in [4.78, 5) is 23.7. The first-order chi connectivity index (χ1) is 13.0. The summed E-state index contributed by atoms with van der Waals surface area (Å²) >= 11 is 0. The molecule has 140 valence electrons. The number of rotatable bonds is 6. The van der Waals surface area contributed by atoms with Crippen LogP contribution in [0.25, 0.3) is 6.08 Å². The van der Waals surface area contributed by atoms with Crippen LogP contribution >= 0.6 is 0 Å². The van der Waals surface area contributed by atoms with E-state index in [2.05, 4.69) is 4.74 Å². The minimum atomic E-state index is -0.500. The van der Waals surface area contributed by atoms with Gasteiger partial charge in [-0.25, -0.2) is 4.79 Å². The summed E-state index contributed by atoms with van der Waals surface area (Å²) in [6.07, 6.45) is 1.61. The van der Waals surface area contributed by atoms with Crippen LogP contribution in [0.5, 0.6) is 23.0 Å². The number of hydrogen-bond donors (Lipinski definition) is 0. The van der Waals surface area contributed by atoms with E-state index in [1.807, 2.05) is 0 Å². The van der Waals surface area contributed by atoms with Crippen LogP contribution in [-0.4, -0.2) is 39.7 Å². The maximum absolute atomic E-state index is 12.6. The van der Waals surface area contributed by atoms with Gasteiger partial charge in [-0.05, 0) is 30.3 Å². The molecule has 0 bridgehead atoms. The monoisotopic (exact) mass is 370 g/mol. The molecule has 0 aliphatic carbocycles. The summed E-state index contributed by atoms with van der Waals surface area (Å²) in [7, 11) is 4.38. The molecule has 1 heterocycles. The zero-order chi connectivity index (χ0) is 19.4. The summed E-state index contributed by atoms with van der Waals surface area (Å²) in [6.45, 7) is -0.227. The van der Waals surface area contributed by atoms with E-state index >= 15 is 0 Å². The summed E-state index contributed by atoms with van der Waals surface area (Å²) in [5.74, 6) is 1.37. The lowest BCUT2D eigenvalue weighted by molar-refractivity contribution is -0.142. The first-order valence-electron chi connectivity index (χ1n) is 8.05. The molecule has 2 aromatic rings. The van der Waals surface area contributed by atoms with Gasteiger partial charge in [-0.15, -0.1) is 0 Å². The third kappa shape index (κ3) is 3.87. The van der Waals surface area contributed by atoms with Gasteiger partial charge >= 0.3 is 5.97 Å². The number of carbonyl (C=O) groups excluding carboxylic acids is 2. The standard InChI is InChI=1S/C20H18O7/c1-23-13-5-4-12(16(9-13)24-2)8-18-20(22)15-7-6-14(10-17(15)27-18)26-11-19(21)25-3/h4-10H,11H2,1-3H3/b18-8-. The van der Waals surface area contributed by atoms with Crippen molar-refractivity contribution in [3.05, 3.63) is 53.3 Å². The highest BCUT2D eigenvalue weighted by Crippen LogP contribution is 2.36. The average Bonchev–Trinajstić information content (AvgIpc) is 3.01. The van der Waals surface area contributed by atoms with Crippen molar-refractivity contribution in [2.45, 2.75) is 0 Å². The van der Waals surface area contributed by atoms with Gasteiger partial charge in [-0.3, -0.25) is 4.79 Å². The van der Waals surface area contributed by atoms with Crippen LogP contribution in [0.15, 0.2) is 42.2 Å². The molecule has 0 fully saturated rings. The van der Waals surface area contributed by atoms with Gasteiger partial charge in [0.25, 0.3) is 0 Å². The van der Waals surface area contributed by atoms with Gasteiger partial charge in [0.15, 0.2) is 12.4 Å². The third-order valence-electron chi connectivity index (χ3n) is 3.95. The van der Waals surface area contributed by atoms with Crippen LogP contribution in [0, 0.1) is 0 Å². The molecule has 2 aromatic carbocycles. The predicted octanol–water partition coefficient (Wildman–Crippen LogP) is 2.87. The highest BCUT2D eigenvalue weighted by Gasteiger charge is 2.28. The zero-order valence-electron chi connectivity index (χ0n) is 15.1. The number of hydrogen-bond acceptors (Lipinski definition) is 7. The van der Waals surface area contributed by atoms with Gasteiger partial charge in [0, 0.05) is 17.7 Å². The van der Waals surface area contributed by atoms with Crippen molar-refractivity contribution in [1.82, 2.24) is 0 Å². The van der Waals surface area contributed by atoms with Crippen molar-refractivity contribution in [1.29, 1.82) is 0 Å². The van der Waals surface area contributed by atoms with Gasteiger partial charge in [0.1, 0.15) is 23.0 Å². The van der Waals surface area contributed by atoms with Crippen molar-refractivity contribution in [3.8, 4) is 23.0 Å². The lowest BCUT2D eigenvalue weighted by Gasteiger charge is -2.08. The third-order valence-corrected chi connectivity index (χ3v) is 3.95. The van der Waals surface area contributed by atoms with E-state index in [0.29, 0.717) is 34.1 Å². The first-order valence-corrected chi connectivity index (χ1v) is 8.05. The van der Waals surface area contributed by atoms with Gasteiger partial charge in [-0.2, -0.15) is 0 Å². The van der Waals surface area contributed by atoms with Gasteiger partial charge < -0.3 is 23.7 Å². The van der Waals surface area contributed by atoms with Crippen LogP contribution in [-0.2, 0) is 9.53 Å². The second kappa shape index (κ2) is 7.82. The average molecular weight is 370 g/mol. The number of benzene rings is 2. The van der Waals surface area contributed by atoms with Crippen LogP contribution in [0.4, 0.5) is 0 Å². The van der Waals surface area contributed by atoms with Gasteiger partial charge in [0.05, 0.1) is 26.9 Å². The highest BCUT2D eigenvalue weighted by atomic mass is 16.6. The van der Waals surface area contributed by atoms with E-state index < -0.39 is 5.97 Å². The maximum atomic E-state index is 12.6. The predicted molar refractivity (Wildman–Crippen MR) is 96.4 cm³/mol. The Balaban J connectivity index is 1.84. The molecule has 0 atom stereocenters.